The second-order valence-corrected chi connectivity index (χ2v) is 8.05. The van der Waals surface area contributed by atoms with Gasteiger partial charge in [0, 0.05) is 17.6 Å². The van der Waals surface area contributed by atoms with E-state index >= 15 is 0 Å². The summed E-state index contributed by atoms with van der Waals surface area (Å²) in [6.45, 7) is 9.75. The van der Waals surface area contributed by atoms with Crippen LogP contribution < -0.4 is 10.1 Å². The summed E-state index contributed by atoms with van der Waals surface area (Å²) in [5, 5.41) is 3.50. The van der Waals surface area contributed by atoms with E-state index in [1.54, 1.807) is 13.0 Å². The molecule has 30 heavy (non-hydrogen) atoms. The second kappa shape index (κ2) is 11.0. The predicted octanol–water partition coefficient (Wildman–Crippen LogP) is 4.67. The minimum Gasteiger partial charge on any atom is -0.484 e. The number of aryl methyl sites for hydroxylation is 2. The molecule has 2 aromatic rings. The van der Waals surface area contributed by atoms with Crippen molar-refractivity contribution in [2.24, 2.45) is 0 Å². The number of carbonyl (C=O) groups excluding carboxylic acids is 2. The van der Waals surface area contributed by atoms with Crippen LogP contribution in [0.25, 0.3) is 0 Å². The Bertz CT molecular complexity index is 885. The minimum atomic E-state index is -0.661. The fourth-order valence-corrected chi connectivity index (χ4v) is 3.09. The van der Waals surface area contributed by atoms with Crippen LogP contribution in [0, 0.1) is 13.8 Å². The molecule has 6 heteroatoms. The van der Waals surface area contributed by atoms with Gasteiger partial charge in [-0.25, -0.2) is 0 Å². The topological polar surface area (TPSA) is 58.6 Å². The third kappa shape index (κ3) is 6.49. The summed E-state index contributed by atoms with van der Waals surface area (Å²) in [6.07, 6.45) is 0.812. The maximum Gasteiger partial charge on any atom is 0.261 e. The van der Waals surface area contributed by atoms with Crippen molar-refractivity contribution in [3.05, 3.63) is 64.2 Å². The standard InChI is InChI=1S/C24H31ClN2O3/c1-6-18(4)26-24(29)19(5)27(14-20-9-7-8-10-22(20)25)23(28)15-30-21-12-11-16(2)17(3)13-21/h7-13,18-19H,6,14-15H2,1-5H3,(H,26,29)/t18-,19-/m0/s1. The third-order valence-corrected chi connectivity index (χ3v) is 5.68. The number of rotatable bonds is 9. The number of nitrogens with zero attached hydrogens (tertiary/aromatic N) is 1. The quantitative estimate of drug-likeness (QED) is 0.629. The monoisotopic (exact) mass is 430 g/mol. The van der Waals surface area contributed by atoms with Crippen molar-refractivity contribution in [1.82, 2.24) is 10.2 Å². The van der Waals surface area contributed by atoms with Gasteiger partial charge in [-0.05, 0) is 69.0 Å². The molecular weight excluding hydrogens is 400 g/mol. The Balaban J connectivity index is 2.18. The minimum absolute atomic E-state index is 0.0315. The van der Waals surface area contributed by atoms with Crippen molar-refractivity contribution in [2.45, 2.75) is 59.7 Å². The summed E-state index contributed by atoms with van der Waals surface area (Å²) in [5.41, 5.74) is 3.03. The zero-order valence-corrected chi connectivity index (χ0v) is 19.1. The van der Waals surface area contributed by atoms with Gasteiger partial charge in [0.15, 0.2) is 6.61 Å². The molecule has 2 atom stereocenters. The Morgan fingerprint density at radius 2 is 1.80 bits per heavy atom. The molecule has 2 aromatic carbocycles. The average molecular weight is 431 g/mol. The van der Waals surface area contributed by atoms with Gasteiger partial charge in [-0.1, -0.05) is 42.8 Å². The lowest BCUT2D eigenvalue weighted by Crippen LogP contribution is -2.50. The number of carbonyl (C=O) groups is 2. The largest absolute Gasteiger partial charge is 0.484 e. The molecule has 0 aliphatic rings. The van der Waals surface area contributed by atoms with E-state index in [-0.39, 0.29) is 31.0 Å². The molecule has 0 bridgehead atoms. The highest BCUT2D eigenvalue weighted by molar-refractivity contribution is 6.31. The highest BCUT2D eigenvalue weighted by Crippen LogP contribution is 2.20. The van der Waals surface area contributed by atoms with Gasteiger partial charge in [-0.15, -0.1) is 0 Å². The first-order valence-corrected chi connectivity index (χ1v) is 10.6. The van der Waals surface area contributed by atoms with Crippen LogP contribution in [0.1, 0.15) is 43.9 Å². The van der Waals surface area contributed by atoms with Gasteiger partial charge >= 0.3 is 0 Å². The van der Waals surface area contributed by atoms with Crippen LogP contribution in [0.3, 0.4) is 0 Å². The Labute approximate surface area is 184 Å². The van der Waals surface area contributed by atoms with Gasteiger partial charge < -0.3 is 15.0 Å². The van der Waals surface area contributed by atoms with Crippen molar-refractivity contribution >= 4 is 23.4 Å². The molecule has 2 amide bonds. The third-order valence-electron chi connectivity index (χ3n) is 5.31. The summed E-state index contributed by atoms with van der Waals surface area (Å²) in [5.74, 6) is 0.150. The van der Waals surface area contributed by atoms with E-state index < -0.39 is 6.04 Å². The summed E-state index contributed by atoms with van der Waals surface area (Å²) in [6, 6.07) is 12.4. The molecular formula is C24H31ClN2O3. The molecule has 0 spiro atoms. The number of halogens is 1. The molecule has 0 aliphatic carbocycles. The van der Waals surface area contributed by atoms with Crippen molar-refractivity contribution < 1.29 is 14.3 Å². The van der Waals surface area contributed by atoms with E-state index in [4.69, 9.17) is 16.3 Å². The Hall–Kier alpha value is -2.53. The van der Waals surface area contributed by atoms with E-state index in [1.165, 1.54) is 4.90 Å². The smallest absolute Gasteiger partial charge is 0.261 e. The molecule has 0 unspecified atom stereocenters. The lowest BCUT2D eigenvalue weighted by Gasteiger charge is -2.30. The number of benzene rings is 2. The molecule has 0 saturated carbocycles. The number of amides is 2. The van der Waals surface area contributed by atoms with Crippen molar-refractivity contribution in [2.75, 3.05) is 6.61 Å². The first kappa shape index (κ1) is 23.7. The van der Waals surface area contributed by atoms with Gasteiger partial charge in [0.25, 0.3) is 5.91 Å². The fourth-order valence-electron chi connectivity index (χ4n) is 2.89. The predicted molar refractivity (Wildman–Crippen MR) is 121 cm³/mol. The number of hydrogen-bond acceptors (Lipinski definition) is 3. The van der Waals surface area contributed by atoms with Crippen LogP contribution in [0.5, 0.6) is 5.75 Å². The van der Waals surface area contributed by atoms with Gasteiger partial charge in [0.2, 0.25) is 5.91 Å². The Kier molecular flexibility index (Phi) is 8.72. The molecule has 2 rings (SSSR count). The molecule has 0 fully saturated rings. The lowest BCUT2D eigenvalue weighted by molar-refractivity contribution is -0.142. The van der Waals surface area contributed by atoms with E-state index in [9.17, 15) is 9.59 Å². The normalized spacial score (nSPS) is 12.7. The second-order valence-electron chi connectivity index (χ2n) is 7.64. The number of hydrogen-bond donors (Lipinski definition) is 1. The van der Waals surface area contributed by atoms with Crippen molar-refractivity contribution in [3.63, 3.8) is 0 Å². The average Bonchev–Trinajstić information content (AvgIpc) is 2.73. The van der Waals surface area contributed by atoms with Crippen LogP contribution in [0.15, 0.2) is 42.5 Å². The van der Waals surface area contributed by atoms with Crippen LogP contribution in [0.4, 0.5) is 0 Å². The molecule has 0 radical (unpaired) electrons. The van der Waals surface area contributed by atoms with E-state index in [0.717, 1.165) is 23.1 Å². The maximum absolute atomic E-state index is 13.1. The van der Waals surface area contributed by atoms with Gasteiger partial charge in [-0.3, -0.25) is 9.59 Å². The first-order chi connectivity index (χ1) is 14.2. The number of nitrogens with one attached hydrogen (secondary N) is 1. The van der Waals surface area contributed by atoms with Crippen LogP contribution in [0.2, 0.25) is 5.02 Å². The molecule has 0 saturated heterocycles. The van der Waals surface area contributed by atoms with E-state index in [1.807, 2.05) is 64.1 Å². The van der Waals surface area contributed by atoms with Gasteiger partial charge in [0.05, 0.1) is 0 Å². The SMILES string of the molecule is CC[C@H](C)NC(=O)[C@H](C)N(Cc1ccccc1Cl)C(=O)COc1ccc(C)c(C)c1. The molecule has 5 nitrogen and oxygen atoms in total. The van der Waals surface area contributed by atoms with Crippen molar-refractivity contribution in [3.8, 4) is 5.75 Å². The summed E-state index contributed by atoms with van der Waals surface area (Å²) >= 11 is 6.30. The zero-order chi connectivity index (χ0) is 22.3. The summed E-state index contributed by atoms with van der Waals surface area (Å²) in [4.78, 5) is 27.3. The highest BCUT2D eigenvalue weighted by atomic mass is 35.5. The van der Waals surface area contributed by atoms with Crippen LogP contribution in [-0.4, -0.2) is 35.4 Å². The van der Waals surface area contributed by atoms with E-state index in [2.05, 4.69) is 5.32 Å². The molecule has 1 N–H and O–H groups in total. The van der Waals surface area contributed by atoms with E-state index in [0.29, 0.717) is 10.8 Å². The molecule has 0 aliphatic heterocycles. The highest BCUT2D eigenvalue weighted by Gasteiger charge is 2.27. The zero-order valence-electron chi connectivity index (χ0n) is 18.4. The molecule has 162 valence electrons. The van der Waals surface area contributed by atoms with Crippen LogP contribution in [-0.2, 0) is 16.1 Å². The summed E-state index contributed by atoms with van der Waals surface area (Å²) in [7, 11) is 0. The Morgan fingerprint density at radius 3 is 2.43 bits per heavy atom. The Morgan fingerprint density at radius 1 is 1.10 bits per heavy atom. The van der Waals surface area contributed by atoms with Gasteiger partial charge in [0.1, 0.15) is 11.8 Å². The summed E-state index contributed by atoms with van der Waals surface area (Å²) < 4.78 is 5.73. The first-order valence-electron chi connectivity index (χ1n) is 10.3. The molecule has 0 heterocycles. The van der Waals surface area contributed by atoms with Crippen LogP contribution >= 0.6 is 11.6 Å². The van der Waals surface area contributed by atoms with Crippen molar-refractivity contribution in [1.29, 1.82) is 0 Å². The molecule has 0 aromatic heterocycles. The maximum atomic E-state index is 13.1. The number of ether oxygens (including phenoxy) is 1. The van der Waals surface area contributed by atoms with Gasteiger partial charge in [-0.2, -0.15) is 0 Å². The lowest BCUT2D eigenvalue weighted by atomic mass is 10.1. The fraction of sp³-hybridized carbons (Fsp3) is 0.417.